The topological polar surface area (TPSA) is 40.6 Å². The molecule has 1 aromatic carbocycles. The number of hydrogen-bond acceptors (Lipinski definition) is 2. The predicted octanol–water partition coefficient (Wildman–Crippen LogP) is 2.95. The smallest absolute Gasteiger partial charge is 0.228 e. The van der Waals surface area contributed by atoms with E-state index in [0.717, 1.165) is 25.1 Å². The van der Waals surface area contributed by atoms with Crippen molar-refractivity contribution >= 4 is 11.8 Å². The van der Waals surface area contributed by atoms with Gasteiger partial charge < -0.3 is 9.80 Å². The maximum absolute atomic E-state index is 12.6. The van der Waals surface area contributed by atoms with Crippen molar-refractivity contribution in [3.63, 3.8) is 0 Å². The largest absolute Gasteiger partial charge is 0.341 e. The summed E-state index contributed by atoms with van der Waals surface area (Å²) in [6, 6.07) is 6.21. The average molecular weight is 330 g/mol. The summed E-state index contributed by atoms with van der Waals surface area (Å²) >= 11 is 0. The molecular formula is C20H30N2O2. The Labute approximate surface area is 145 Å². The number of carbonyl (C=O) groups excluding carboxylic acids is 2. The minimum Gasteiger partial charge on any atom is -0.341 e. The highest BCUT2D eigenvalue weighted by molar-refractivity contribution is 5.82. The highest BCUT2D eigenvalue weighted by Gasteiger charge is 2.29. The molecule has 4 heteroatoms. The standard InChI is InChI=1S/C20H30N2O2/c1-15-7-8-17(13-16(15)2)14-18(23)21-9-6-10-22(12-11-21)19(24)20(3,4)5/h7-8,13H,6,9-12,14H2,1-5H3. The number of amides is 2. The van der Waals surface area contributed by atoms with E-state index in [1.54, 1.807) is 0 Å². The van der Waals surface area contributed by atoms with Gasteiger partial charge in [0.05, 0.1) is 6.42 Å². The average Bonchev–Trinajstić information content (AvgIpc) is 2.75. The molecule has 0 N–H and O–H groups in total. The molecule has 0 spiro atoms. The third-order valence-corrected chi connectivity index (χ3v) is 4.70. The van der Waals surface area contributed by atoms with Crippen molar-refractivity contribution in [1.29, 1.82) is 0 Å². The molecule has 24 heavy (non-hydrogen) atoms. The van der Waals surface area contributed by atoms with Gasteiger partial charge >= 0.3 is 0 Å². The molecule has 1 heterocycles. The van der Waals surface area contributed by atoms with Gasteiger partial charge in [0.25, 0.3) is 0 Å². The molecule has 0 atom stereocenters. The van der Waals surface area contributed by atoms with Gasteiger partial charge in [-0.2, -0.15) is 0 Å². The first kappa shape index (κ1) is 18.5. The fraction of sp³-hybridized carbons (Fsp3) is 0.600. The molecule has 132 valence electrons. The molecule has 1 aliphatic heterocycles. The molecule has 0 radical (unpaired) electrons. The molecular weight excluding hydrogens is 300 g/mol. The van der Waals surface area contributed by atoms with E-state index in [9.17, 15) is 9.59 Å². The van der Waals surface area contributed by atoms with Crippen molar-refractivity contribution in [2.45, 2.75) is 47.5 Å². The van der Waals surface area contributed by atoms with Crippen LogP contribution in [0.15, 0.2) is 18.2 Å². The summed E-state index contributed by atoms with van der Waals surface area (Å²) < 4.78 is 0. The maximum atomic E-state index is 12.6. The van der Waals surface area contributed by atoms with Gasteiger partial charge in [0.1, 0.15) is 0 Å². The Morgan fingerprint density at radius 2 is 1.58 bits per heavy atom. The molecule has 4 nitrogen and oxygen atoms in total. The van der Waals surface area contributed by atoms with E-state index in [4.69, 9.17) is 0 Å². The van der Waals surface area contributed by atoms with Crippen LogP contribution >= 0.6 is 0 Å². The summed E-state index contributed by atoms with van der Waals surface area (Å²) in [7, 11) is 0. The number of benzene rings is 1. The van der Waals surface area contributed by atoms with E-state index in [2.05, 4.69) is 26.0 Å². The van der Waals surface area contributed by atoms with E-state index in [0.29, 0.717) is 19.5 Å². The Bertz CT molecular complexity index is 617. The Morgan fingerprint density at radius 1 is 0.958 bits per heavy atom. The molecule has 2 rings (SSSR count). The minimum atomic E-state index is -0.362. The normalized spacial score (nSPS) is 16.0. The van der Waals surface area contributed by atoms with Crippen LogP contribution in [-0.2, 0) is 16.0 Å². The van der Waals surface area contributed by atoms with E-state index in [1.807, 2.05) is 36.6 Å². The molecule has 0 saturated carbocycles. The second kappa shape index (κ2) is 7.37. The van der Waals surface area contributed by atoms with Gasteiger partial charge in [0.2, 0.25) is 11.8 Å². The number of hydrogen-bond donors (Lipinski definition) is 0. The van der Waals surface area contributed by atoms with Crippen LogP contribution in [0.3, 0.4) is 0 Å². The van der Waals surface area contributed by atoms with Gasteiger partial charge in [0.15, 0.2) is 0 Å². The molecule has 0 bridgehead atoms. The van der Waals surface area contributed by atoms with E-state index in [-0.39, 0.29) is 17.2 Å². The summed E-state index contributed by atoms with van der Waals surface area (Å²) in [6.45, 7) is 12.7. The Morgan fingerprint density at radius 3 is 2.21 bits per heavy atom. The van der Waals surface area contributed by atoms with Crippen molar-refractivity contribution in [2.24, 2.45) is 5.41 Å². The third-order valence-electron chi connectivity index (χ3n) is 4.70. The lowest BCUT2D eigenvalue weighted by atomic mass is 9.94. The summed E-state index contributed by atoms with van der Waals surface area (Å²) in [5, 5.41) is 0. The molecule has 1 aliphatic rings. The number of carbonyl (C=O) groups is 2. The van der Waals surface area contributed by atoms with Crippen molar-refractivity contribution in [2.75, 3.05) is 26.2 Å². The molecule has 0 unspecified atom stereocenters. The van der Waals surface area contributed by atoms with Crippen LogP contribution in [0.1, 0.15) is 43.9 Å². The van der Waals surface area contributed by atoms with Crippen LogP contribution in [0, 0.1) is 19.3 Å². The second-order valence-electron chi connectivity index (χ2n) is 7.87. The number of nitrogens with zero attached hydrogens (tertiary/aromatic N) is 2. The molecule has 1 saturated heterocycles. The summed E-state index contributed by atoms with van der Waals surface area (Å²) in [4.78, 5) is 28.9. The van der Waals surface area contributed by atoms with Crippen LogP contribution in [0.5, 0.6) is 0 Å². The summed E-state index contributed by atoms with van der Waals surface area (Å²) in [6.07, 6.45) is 1.29. The summed E-state index contributed by atoms with van der Waals surface area (Å²) in [5.41, 5.74) is 3.17. The fourth-order valence-electron chi connectivity index (χ4n) is 3.04. The predicted molar refractivity (Wildman–Crippen MR) is 96.9 cm³/mol. The van der Waals surface area contributed by atoms with E-state index >= 15 is 0 Å². The van der Waals surface area contributed by atoms with E-state index < -0.39 is 0 Å². The molecule has 2 amide bonds. The Kier molecular flexibility index (Phi) is 5.68. The van der Waals surface area contributed by atoms with Gasteiger partial charge in [-0.05, 0) is 37.0 Å². The Balaban J connectivity index is 1.96. The van der Waals surface area contributed by atoms with Gasteiger partial charge in [0, 0.05) is 31.6 Å². The second-order valence-corrected chi connectivity index (χ2v) is 7.87. The fourth-order valence-corrected chi connectivity index (χ4v) is 3.04. The lowest BCUT2D eigenvalue weighted by Gasteiger charge is -2.28. The van der Waals surface area contributed by atoms with Crippen molar-refractivity contribution in [3.05, 3.63) is 34.9 Å². The highest BCUT2D eigenvalue weighted by Crippen LogP contribution is 2.19. The van der Waals surface area contributed by atoms with Crippen molar-refractivity contribution in [1.82, 2.24) is 9.80 Å². The lowest BCUT2D eigenvalue weighted by Crippen LogP contribution is -2.42. The number of rotatable bonds is 2. The summed E-state index contributed by atoms with van der Waals surface area (Å²) in [5.74, 6) is 0.328. The first-order valence-corrected chi connectivity index (χ1v) is 8.82. The molecule has 1 aromatic rings. The van der Waals surface area contributed by atoms with E-state index in [1.165, 1.54) is 11.1 Å². The van der Waals surface area contributed by atoms with Crippen molar-refractivity contribution in [3.8, 4) is 0 Å². The van der Waals surface area contributed by atoms with Gasteiger partial charge in [-0.1, -0.05) is 39.0 Å². The van der Waals surface area contributed by atoms with Gasteiger partial charge in [-0.3, -0.25) is 9.59 Å². The Hall–Kier alpha value is -1.84. The van der Waals surface area contributed by atoms with Crippen LogP contribution < -0.4 is 0 Å². The molecule has 1 fully saturated rings. The number of aryl methyl sites for hydroxylation is 2. The zero-order valence-corrected chi connectivity index (χ0v) is 15.7. The highest BCUT2D eigenvalue weighted by atomic mass is 16.2. The van der Waals surface area contributed by atoms with Crippen LogP contribution in [0.25, 0.3) is 0 Å². The van der Waals surface area contributed by atoms with Crippen LogP contribution in [0.2, 0.25) is 0 Å². The molecule has 0 aromatic heterocycles. The third kappa shape index (κ3) is 4.59. The zero-order chi connectivity index (χ0) is 17.9. The monoisotopic (exact) mass is 330 g/mol. The lowest BCUT2D eigenvalue weighted by molar-refractivity contribution is -0.139. The van der Waals surface area contributed by atoms with Crippen molar-refractivity contribution < 1.29 is 9.59 Å². The zero-order valence-electron chi connectivity index (χ0n) is 15.7. The first-order chi connectivity index (χ1) is 11.2. The SMILES string of the molecule is Cc1ccc(CC(=O)N2CCCN(C(=O)C(C)(C)C)CC2)cc1C. The van der Waals surface area contributed by atoms with Gasteiger partial charge in [-0.15, -0.1) is 0 Å². The minimum absolute atomic E-state index is 0.156. The molecule has 0 aliphatic carbocycles. The first-order valence-electron chi connectivity index (χ1n) is 8.82. The van der Waals surface area contributed by atoms with Crippen LogP contribution in [-0.4, -0.2) is 47.8 Å². The van der Waals surface area contributed by atoms with Crippen LogP contribution in [0.4, 0.5) is 0 Å². The maximum Gasteiger partial charge on any atom is 0.228 e. The quantitative estimate of drug-likeness (QED) is 0.836. The van der Waals surface area contributed by atoms with Gasteiger partial charge in [-0.25, -0.2) is 0 Å².